The van der Waals surface area contributed by atoms with E-state index in [0.717, 1.165) is 0 Å². The molecule has 0 spiro atoms. The smallest absolute Gasteiger partial charge is 0.323 e. The largest absolute Gasteiger partial charge is 0.465 e. The van der Waals surface area contributed by atoms with Crippen LogP contribution in [0.25, 0.3) is 0 Å². The topological polar surface area (TPSA) is 52.6 Å². The average Bonchev–Trinajstić information content (AvgIpc) is 2.48. The van der Waals surface area contributed by atoms with E-state index in [-0.39, 0.29) is 5.92 Å². The number of hydrogen-bond acceptors (Lipinski definition) is 4. The van der Waals surface area contributed by atoms with Crippen LogP contribution in [0.15, 0.2) is 0 Å². The van der Waals surface area contributed by atoms with Gasteiger partial charge in [-0.05, 0) is 19.3 Å². The summed E-state index contributed by atoms with van der Waals surface area (Å²) in [6.07, 6.45) is 0.952. The van der Waals surface area contributed by atoms with Crippen molar-refractivity contribution in [2.45, 2.75) is 33.6 Å². The third-order valence-electron chi connectivity index (χ3n) is 2.58. The summed E-state index contributed by atoms with van der Waals surface area (Å²) >= 11 is 0. The first-order valence-electron chi connectivity index (χ1n) is 5.37. The molecule has 0 N–H and O–H groups in total. The molecule has 1 fully saturated rings. The Morgan fingerprint density at radius 2 is 2.27 bits per heavy atom. The SMILES string of the molecule is CCOC(=O)[C@]1(CC(C)C)CCOC1=O. The highest BCUT2D eigenvalue weighted by atomic mass is 16.6. The van der Waals surface area contributed by atoms with Gasteiger partial charge in [-0.1, -0.05) is 13.8 Å². The van der Waals surface area contributed by atoms with Gasteiger partial charge in [-0.2, -0.15) is 0 Å². The molecule has 15 heavy (non-hydrogen) atoms. The van der Waals surface area contributed by atoms with Gasteiger partial charge in [0.1, 0.15) is 0 Å². The van der Waals surface area contributed by atoms with Gasteiger partial charge in [-0.3, -0.25) is 9.59 Å². The van der Waals surface area contributed by atoms with Crippen LogP contribution >= 0.6 is 0 Å². The number of ether oxygens (including phenoxy) is 2. The highest BCUT2D eigenvalue weighted by Crippen LogP contribution is 2.37. The fraction of sp³-hybridized carbons (Fsp3) is 0.818. The van der Waals surface area contributed by atoms with Crippen molar-refractivity contribution < 1.29 is 19.1 Å². The van der Waals surface area contributed by atoms with E-state index >= 15 is 0 Å². The zero-order chi connectivity index (χ0) is 11.5. The molecule has 1 rings (SSSR count). The summed E-state index contributed by atoms with van der Waals surface area (Å²) in [5.41, 5.74) is -1.04. The maximum atomic E-state index is 11.8. The van der Waals surface area contributed by atoms with Gasteiger partial charge in [0, 0.05) is 6.42 Å². The molecule has 0 aliphatic carbocycles. The van der Waals surface area contributed by atoms with Crippen molar-refractivity contribution in [1.29, 1.82) is 0 Å². The lowest BCUT2D eigenvalue weighted by molar-refractivity contribution is -0.165. The monoisotopic (exact) mass is 214 g/mol. The van der Waals surface area contributed by atoms with E-state index < -0.39 is 17.4 Å². The Morgan fingerprint density at radius 3 is 2.67 bits per heavy atom. The Balaban J connectivity index is 2.85. The quantitative estimate of drug-likeness (QED) is 0.526. The van der Waals surface area contributed by atoms with Crippen LogP contribution in [0.1, 0.15) is 33.6 Å². The molecule has 0 aromatic rings. The van der Waals surface area contributed by atoms with Crippen molar-refractivity contribution in [1.82, 2.24) is 0 Å². The minimum absolute atomic E-state index is 0.264. The molecule has 1 atom stereocenters. The number of hydrogen-bond donors (Lipinski definition) is 0. The molecule has 0 bridgehead atoms. The summed E-state index contributed by atoms with van der Waals surface area (Å²) in [5, 5.41) is 0. The highest BCUT2D eigenvalue weighted by molar-refractivity contribution is 6.01. The predicted octanol–water partition coefficient (Wildman–Crippen LogP) is 1.53. The minimum Gasteiger partial charge on any atom is -0.465 e. The molecule has 0 aromatic heterocycles. The molecule has 4 nitrogen and oxygen atoms in total. The second kappa shape index (κ2) is 4.64. The number of carbonyl (C=O) groups excluding carboxylic acids is 2. The van der Waals surface area contributed by atoms with Gasteiger partial charge in [0.15, 0.2) is 5.41 Å². The van der Waals surface area contributed by atoms with Gasteiger partial charge in [0.05, 0.1) is 13.2 Å². The van der Waals surface area contributed by atoms with Crippen molar-refractivity contribution in [2.24, 2.45) is 11.3 Å². The number of rotatable bonds is 4. The van der Waals surface area contributed by atoms with Gasteiger partial charge in [0.25, 0.3) is 0 Å². The third kappa shape index (κ3) is 2.30. The zero-order valence-corrected chi connectivity index (χ0v) is 9.54. The second-order valence-electron chi connectivity index (χ2n) is 4.29. The fourth-order valence-electron chi connectivity index (χ4n) is 1.98. The van der Waals surface area contributed by atoms with Crippen LogP contribution in [0.5, 0.6) is 0 Å². The third-order valence-corrected chi connectivity index (χ3v) is 2.58. The van der Waals surface area contributed by atoms with Crippen molar-refractivity contribution in [3.8, 4) is 0 Å². The summed E-state index contributed by atoms with van der Waals surface area (Å²) in [6.45, 7) is 6.32. The Hall–Kier alpha value is -1.06. The van der Waals surface area contributed by atoms with Gasteiger partial charge in [0.2, 0.25) is 0 Å². The van der Waals surface area contributed by atoms with E-state index in [9.17, 15) is 9.59 Å². The summed E-state index contributed by atoms with van der Waals surface area (Å²) in [5.74, 6) is -0.587. The molecule has 1 aliphatic rings. The Morgan fingerprint density at radius 1 is 1.60 bits per heavy atom. The number of esters is 2. The van der Waals surface area contributed by atoms with Gasteiger partial charge >= 0.3 is 11.9 Å². The molecule has 0 aromatic carbocycles. The molecular weight excluding hydrogens is 196 g/mol. The summed E-state index contributed by atoms with van der Waals surface area (Å²) in [7, 11) is 0. The van der Waals surface area contributed by atoms with E-state index in [0.29, 0.717) is 26.1 Å². The normalized spacial score (nSPS) is 25.5. The van der Waals surface area contributed by atoms with Crippen LogP contribution in [-0.4, -0.2) is 25.2 Å². The summed E-state index contributed by atoms with van der Waals surface area (Å²) in [4.78, 5) is 23.4. The van der Waals surface area contributed by atoms with Crippen LogP contribution in [-0.2, 0) is 19.1 Å². The molecule has 86 valence electrons. The molecule has 0 radical (unpaired) electrons. The van der Waals surface area contributed by atoms with Gasteiger partial charge in [-0.25, -0.2) is 0 Å². The Labute approximate surface area is 89.9 Å². The molecule has 0 amide bonds. The molecule has 4 heteroatoms. The van der Waals surface area contributed by atoms with Crippen LogP contribution in [0.2, 0.25) is 0 Å². The fourth-order valence-corrected chi connectivity index (χ4v) is 1.98. The molecule has 1 saturated heterocycles. The minimum atomic E-state index is -1.04. The predicted molar refractivity (Wildman–Crippen MR) is 54.1 cm³/mol. The average molecular weight is 214 g/mol. The van der Waals surface area contributed by atoms with Crippen LogP contribution in [0.4, 0.5) is 0 Å². The second-order valence-corrected chi connectivity index (χ2v) is 4.29. The lowest BCUT2D eigenvalue weighted by Crippen LogP contribution is -2.38. The van der Waals surface area contributed by atoms with E-state index in [1.165, 1.54) is 0 Å². The highest BCUT2D eigenvalue weighted by Gasteiger charge is 2.52. The summed E-state index contributed by atoms with van der Waals surface area (Å²) in [6, 6.07) is 0. The first-order valence-corrected chi connectivity index (χ1v) is 5.37. The van der Waals surface area contributed by atoms with Crippen LogP contribution in [0.3, 0.4) is 0 Å². The van der Waals surface area contributed by atoms with Crippen LogP contribution in [0, 0.1) is 11.3 Å². The standard InChI is InChI=1S/C11H18O4/c1-4-14-9(12)11(7-8(2)3)5-6-15-10(11)13/h8H,4-7H2,1-3H3/t11-/m1/s1. The van der Waals surface area contributed by atoms with E-state index in [1.807, 2.05) is 13.8 Å². The van der Waals surface area contributed by atoms with Crippen molar-refractivity contribution in [2.75, 3.05) is 13.2 Å². The number of carbonyl (C=O) groups is 2. The van der Waals surface area contributed by atoms with E-state index in [4.69, 9.17) is 9.47 Å². The first-order chi connectivity index (χ1) is 7.03. The van der Waals surface area contributed by atoms with Gasteiger partial charge in [-0.15, -0.1) is 0 Å². The molecule has 1 aliphatic heterocycles. The number of cyclic esters (lactones) is 1. The van der Waals surface area contributed by atoms with Gasteiger partial charge < -0.3 is 9.47 Å². The zero-order valence-electron chi connectivity index (χ0n) is 9.54. The van der Waals surface area contributed by atoms with E-state index in [2.05, 4.69) is 0 Å². The van der Waals surface area contributed by atoms with Crippen molar-refractivity contribution in [3.05, 3.63) is 0 Å². The first kappa shape index (κ1) is 12.0. The Kier molecular flexibility index (Phi) is 3.72. The molecular formula is C11H18O4. The maximum absolute atomic E-state index is 11.8. The lowest BCUT2D eigenvalue weighted by atomic mass is 9.79. The molecule has 0 saturated carbocycles. The Bertz CT molecular complexity index is 259. The molecule has 0 unspecified atom stereocenters. The van der Waals surface area contributed by atoms with Crippen molar-refractivity contribution >= 4 is 11.9 Å². The van der Waals surface area contributed by atoms with Crippen molar-refractivity contribution in [3.63, 3.8) is 0 Å². The van der Waals surface area contributed by atoms with E-state index in [1.54, 1.807) is 6.92 Å². The van der Waals surface area contributed by atoms with Crippen LogP contribution < -0.4 is 0 Å². The molecule has 1 heterocycles. The summed E-state index contributed by atoms with van der Waals surface area (Å²) < 4.78 is 9.86. The lowest BCUT2D eigenvalue weighted by Gasteiger charge is -2.23. The maximum Gasteiger partial charge on any atom is 0.323 e.